The zero-order valence-electron chi connectivity index (χ0n) is 11.3. The Morgan fingerprint density at radius 2 is 2.19 bits per heavy atom. The number of nitrogens with two attached hydrogens (primary N) is 2. The van der Waals surface area contributed by atoms with E-state index in [9.17, 15) is 9.59 Å². The minimum Gasteiger partial charge on any atom is -0.397 e. The van der Waals surface area contributed by atoms with Crippen LogP contribution in [0, 0.1) is 0 Å². The fourth-order valence-corrected chi connectivity index (χ4v) is 2.75. The van der Waals surface area contributed by atoms with Crippen molar-refractivity contribution in [3.63, 3.8) is 0 Å². The maximum Gasteiger partial charge on any atom is 0.260 e. The van der Waals surface area contributed by atoms with E-state index in [-0.39, 0.29) is 22.0 Å². The summed E-state index contributed by atoms with van der Waals surface area (Å²) >= 11 is 1.07. The summed E-state index contributed by atoms with van der Waals surface area (Å²) in [5, 5.41) is 6.09. The van der Waals surface area contributed by atoms with Crippen LogP contribution in [0.2, 0.25) is 0 Å². The Bertz CT molecular complexity index is 669. The van der Waals surface area contributed by atoms with E-state index in [1.54, 1.807) is 12.4 Å². The van der Waals surface area contributed by atoms with Gasteiger partial charge in [0.1, 0.15) is 9.88 Å². The summed E-state index contributed by atoms with van der Waals surface area (Å²) < 4.78 is 0. The van der Waals surface area contributed by atoms with Gasteiger partial charge in [0, 0.05) is 26.0 Å². The topological polar surface area (TPSA) is 123 Å². The van der Waals surface area contributed by atoms with E-state index in [0.29, 0.717) is 11.5 Å². The van der Waals surface area contributed by atoms with Crippen LogP contribution in [0.4, 0.5) is 10.7 Å². The summed E-state index contributed by atoms with van der Waals surface area (Å²) in [4.78, 5) is 27.4. The first kappa shape index (κ1) is 14.8. The fraction of sp³-hybridized carbons (Fsp3) is 0.154. The van der Waals surface area contributed by atoms with E-state index in [1.807, 2.05) is 12.1 Å². The van der Waals surface area contributed by atoms with Gasteiger partial charge in [-0.2, -0.15) is 0 Å². The summed E-state index contributed by atoms with van der Waals surface area (Å²) in [5.41, 5.74) is 12.4. The van der Waals surface area contributed by atoms with Gasteiger partial charge in [-0.3, -0.25) is 14.6 Å². The molecule has 0 fully saturated rings. The Labute approximate surface area is 125 Å². The summed E-state index contributed by atoms with van der Waals surface area (Å²) in [6, 6.07) is 3.71. The lowest BCUT2D eigenvalue weighted by Crippen LogP contribution is -2.20. The second-order valence-electron chi connectivity index (χ2n) is 4.21. The van der Waals surface area contributed by atoms with Gasteiger partial charge in [0.05, 0.1) is 11.3 Å². The van der Waals surface area contributed by atoms with Crippen molar-refractivity contribution in [1.82, 2.24) is 10.3 Å². The number of nitrogens with one attached hydrogen (secondary N) is 2. The molecule has 2 aromatic heterocycles. The second kappa shape index (κ2) is 6.23. The molecular formula is C13H15N5O2S. The van der Waals surface area contributed by atoms with Crippen LogP contribution in [0.25, 0.3) is 0 Å². The average Bonchev–Trinajstić information content (AvgIpc) is 2.82. The highest BCUT2D eigenvalue weighted by Gasteiger charge is 2.23. The number of pyridine rings is 1. The number of nitrogens with zero attached hydrogens (tertiary/aromatic N) is 1. The highest BCUT2D eigenvalue weighted by Crippen LogP contribution is 2.35. The first-order valence-electron chi connectivity index (χ1n) is 6.11. The fourth-order valence-electron chi connectivity index (χ4n) is 1.79. The van der Waals surface area contributed by atoms with Crippen molar-refractivity contribution in [3.05, 3.63) is 40.5 Å². The molecule has 2 rings (SSSR count). The highest BCUT2D eigenvalue weighted by molar-refractivity contribution is 7.19. The molecule has 0 aliphatic rings. The molecule has 0 bridgehead atoms. The minimum atomic E-state index is -0.655. The first-order chi connectivity index (χ1) is 10.0. The lowest BCUT2D eigenvalue weighted by molar-refractivity contribution is 0.0965. The van der Waals surface area contributed by atoms with Gasteiger partial charge in [0.25, 0.3) is 11.8 Å². The van der Waals surface area contributed by atoms with Crippen LogP contribution >= 0.6 is 11.3 Å². The molecule has 0 unspecified atom stereocenters. The molecule has 21 heavy (non-hydrogen) atoms. The van der Waals surface area contributed by atoms with Crippen LogP contribution in [0.3, 0.4) is 0 Å². The first-order valence-corrected chi connectivity index (χ1v) is 6.93. The van der Waals surface area contributed by atoms with Crippen LogP contribution in [-0.2, 0) is 6.54 Å². The zero-order chi connectivity index (χ0) is 15.4. The third kappa shape index (κ3) is 3.11. The molecule has 2 amide bonds. The van der Waals surface area contributed by atoms with Gasteiger partial charge >= 0.3 is 0 Å². The molecule has 0 spiro atoms. The number of carbonyl (C=O) groups is 2. The molecule has 2 aromatic rings. The van der Waals surface area contributed by atoms with E-state index in [4.69, 9.17) is 11.5 Å². The minimum absolute atomic E-state index is 0.0977. The highest BCUT2D eigenvalue weighted by atomic mass is 32.1. The maximum atomic E-state index is 11.9. The number of amides is 2. The van der Waals surface area contributed by atoms with Gasteiger partial charge in [-0.1, -0.05) is 6.07 Å². The molecule has 0 aliphatic heterocycles. The predicted molar refractivity (Wildman–Crippen MR) is 82.2 cm³/mol. The summed E-state index contributed by atoms with van der Waals surface area (Å²) in [6.45, 7) is 0.454. The molecule has 0 saturated carbocycles. The Morgan fingerprint density at radius 1 is 1.43 bits per heavy atom. The van der Waals surface area contributed by atoms with Gasteiger partial charge < -0.3 is 22.1 Å². The monoisotopic (exact) mass is 305 g/mol. The third-order valence-electron chi connectivity index (χ3n) is 2.80. The summed E-state index contributed by atoms with van der Waals surface area (Å²) in [6.07, 6.45) is 3.38. The maximum absolute atomic E-state index is 11.9. The molecule has 110 valence electrons. The van der Waals surface area contributed by atoms with Crippen molar-refractivity contribution in [2.45, 2.75) is 6.54 Å². The number of rotatable bonds is 5. The molecule has 0 aromatic carbocycles. The number of nitrogen functional groups attached to an aromatic ring is 1. The summed E-state index contributed by atoms with van der Waals surface area (Å²) in [5.74, 6) is -1.03. The second-order valence-corrected chi connectivity index (χ2v) is 5.23. The van der Waals surface area contributed by atoms with Crippen molar-refractivity contribution < 1.29 is 9.59 Å². The molecule has 2 heterocycles. The van der Waals surface area contributed by atoms with Crippen LogP contribution in [0.15, 0.2) is 24.5 Å². The standard InChI is InChI=1S/C13H15N5O2S/c1-16-12(20)8-9(14)10(11(15)19)21-13(8)18-6-7-3-2-4-17-5-7/h2-5,18H,6,14H2,1H3,(H2,15,19)(H,16,20). The zero-order valence-corrected chi connectivity index (χ0v) is 12.2. The third-order valence-corrected chi connectivity index (χ3v) is 3.98. The number of hydrogen-bond acceptors (Lipinski definition) is 6. The van der Waals surface area contributed by atoms with Gasteiger partial charge in [-0.05, 0) is 11.6 Å². The van der Waals surface area contributed by atoms with Crippen LogP contribution in [0.5, 0.6) is 0 Å². The molecule has 0 atom stereocenters. The molecule has 0 saturated heterocycles. The van der Waals surface area contributed by atoms with Crippen molar-refractivity contribution >= 4 is 33.8 Å². The lowest BCUT2D eigenvalue weighted by Gasteiger charge is -2.07. The molecule has 6 N–H and O–H groups in total. The van der Waals surface area contributed by atoms with Crippen molar-refractivity contribution in [2.75, 3.05) is 18.1 Å². The quantitative estimate of drug-likeness (QED) is 0.650. The largest absolute Gasteiger partial charge is 0.397 e. The van der Waals surface area contributed by atoms with Crippen LogP contribution < -0.4 is 22.1 Å². The van der Waals surface area contributed by atoms with E-state index < -0.39 is 5.91 Å². The molecule has 0 radical (unpaired) electrons. The van der Waals surface area contributed by atoms with E-state index in [0.717, 1.165) is 16.9 Å². The van der Waals surface area contributed by atoms with Crippen molar-refractivity contribution in [3.8, 4) is 0 Å². The number of primary amides is 1. The summed E-state index contributed by atoms with van der Waals surface area (Å²) in [7, 11) is 1.49. The normalized spacial score (nSPS) is 10.1. The molecule has 7 nitrogen and oxygen atoms in total. The lowest BCUT2D eigenvalue weighted by atomic mass is 10.2. The van der Waals surface area contributed by atoms with Gasteiger partial charge in [-0.15, -0.1) is 11.3 Å². The average molecular weight is 305 g/mol. The van der Waals surface area contributed by atoms with Crippen molar-refractivity contribution in [2.24, 2.45) is 5.73 Å². The smallest absolute Gasteiger partial charge is 0.260 e. The van der Waals surface area contributed by atoms with E-state index in [1.165, 1.54) is 7.05 Å². The SMILES string of the molecule is CNC(=O)c1c(NCc2cccnc2)sc(C(N)=O)c1N. The predicted octanol–water partition coefficient (Wildman–Crippen LogP) is 0.796. The molecule has 8 heteroatoms. The van der Waals surface area contributed by atoms with Gasteiger partial charge in [-0.25, -0.2) is 0 Å². The number of hydrogen-bond donors (Lipinski definition) is 4. The number of anilines is 2. The van der Waals surface area contributed by atoms with Gasteiger partial charge in [0.15, 0.2) is 0 Å². The number of thiophene rings is 1. The van der Waals surface area contributed by atoms with Crippen LogP contribution in [-0.4, -0.2) is 23.8 Å². The Balaban J connectivity index is 2.31. The number of aromatic nitrogens is 1. The number of carbonyl (C=O) groups excluding carboxylic acids is 2. The van der Waals surface area contributed by atoms with E-state index >= 15 is 0 Å². The molecule has 0 aliphatic carbocycles. The van der Waals surface area contributed by atoms with E-state index in [2.05, 4.69) is 15.6 Å². The van der Waals surface area contributed by atoms with Crippen molar-refractivity contribution in [1.29, 1.82) is 0 Å². The Morgan fingerprint density at radius 3 is 2.76 bits per heavy atom. The molecular weight excluding hydrogens is 290 g/mol. The van der Waals surface area contributed by atoms with Crippen LogP contribution in [0.1, 0.15) is 25.6 Å². The Hall–Kier alpha value is -2.61. The van der Waals surface area contributed by atoms with Gasteiger partial charge in [0.2, 0.25) is 0 Å². The Kier molecular flexibility index (Phi) is 4.39.